The predicted molar refractivity (Wildman–Crippen MR) is 390 cm³/mol. The molecule has 0 spiro atoms. The third-order valence-corrected chi connectivity index (χ3v) is 29.6. The molecule has 12 rings (SSSR count). The number of aliphatic hydroxyl groups is 1. The summed E-state index contributed by atoms with van der Waals surface area (Å²) in [7, 11) is -33.4. The highest BCUT2D eigenvalue weighted by Crippen LogP contribution is 2.61. The molecular formula is C70H108F12O31S6. The van der Waals surface area contributed by atoms with Crippen LogP contribution in [-0.4, -0.2) is 197 Å². The summed E-state index contributed by atoms with van der Waals surface area (Å²) in [6.45, 7) is 0.588. The summed E-state index contributed by atoms with van der Waals surface area (Å²) in [5, 5.41) is -17.9. The van der Waals surface area contributed by atoms with Gasteiger partial charge in [0.2, 0.25) is 0 Å². The van der Waals surface area contributed by atoms with Crippen LogP contribution >= 0.6 is 0 Å². The van der Waals surface area contributed by atoms with Crippen molar-refractivity contribution in [2.45, 2.75) is 246 Å². The normalized spacial score (nSPS) is 29.8. The number of hydrogen-bond acceptors (Lipinski definition) is 25. The number of carbonyl (C=O) groups excluding carboxylic acids is 6. The Morgan fingerprint density at radius 3 is 0.824 bits per heavy atom. The number of carbonyl (C=O) groups is 6. The third-order valence-electron chi connectivity index (χ3n) is 24.3. The Bertz CT molecular complexity index is 4010. The maximum atomic E-state index is 13.1. The van der Waals surface area contributed by atoms with E-state index >= 15 is 0 Å². The van der Waals surface area contributed by atoms with E-state index in [1.54, 1.807) is 0 Å². The molecule has 119 heavy (non-hydrogen) atoms. The quantitative estimate of drug-likeness (QED) is 0.0183. The van der Waals surface area contributed by atoms with Crippen molar-refractivity contribution in [2.75, 3.05) is 46.2 Å². The van der Waals surface area contributed by atoms with Gasteiger partial charge in [0.1, 0.15) is 0 Å². The fraction of sp³-hybridized carbons (Fsp3) is 0.914. The third kappa shape index (κ3) is 30.1. The van der Waals surface area contributed by atoms with Crippen LogP contribution in [-0.2, 0) is 118 Å². The molecule has 0 aromatic rings. The van der Waals surface area contributed by atoms with Gasteiger partial charge in [0, 0.05) is 6.61 Å². The first kappa shape index (κ1) is 105. The van der Waals surface area contributed by atoms with Crippen molar-refractivity contribution < 1.29 is 193 Å². The second kappa shape index (κ2) is 41.2. The van der Waals surface area contributed by atoms with Crippen LogP contribution in [0.25, 0.3) is 0 Å². The topological polar surface area (TPSA) is 504 Å². The zero-order valence-corrected chi connectivity index (χ0v) is 70.8. The fourth-order valence-electron chi connectivity index (χ4n) is 17.8. The molecule has 0 atom stereocenters. The molecule has 0 aromatic heterocycles. The van der Waals surface area contributed by atoms with Crippen molar-refractivity contribution in [2.24, 2.45) is 106 Å². The van der Waals surface area contributed by atoms with E-state index in [4.69, 9.17) is 32.4 Å². The van der Waals surface area contributed by atoms with Crippen molar-refractivity contribution in [3.8, 4) is 0 Å². The van der Waals surface area contributed by atoms with Gasteiger partial charge in [-0.1, -0.05) is 41.0 Å². The van der Waals surface area contributed by atoms with E-state index in [-0.39, 0.29) is 29.8 Å². The summed E-state index contributed by atoms with van der Waals surface area (Å²) >= 11 is 0. The first-order chi connectivity index (χ1) is 54.1. The van der Waals surface area contributed by atoms with Crippen molar-refractivity contribution >= 4 is 96.5 Å². The zero-order valence-electron chi connectivity index (χ0n) is 65.9. The SMILES string of the molecule is CC(C)(C)C1CCC(C(=O)OCC(F)(F)S(=O)(=O)O)CC1.CC1CCC(C(=O)OCC(F)(F)S(=O)(=O)O)CC1.CCC1CCC(C(=O)OCC(F)(F)S(=O)(=O)O)CC1.O=C(OCC(F)(F)S(=O)(=O)O)C12CC3CC(CC(C3)C1)C2.O=C(OCC(F)(F)S(=O)(=O)O)C1C2CC3CC(C2)CC1C3.O=C(OCC(F)(F)S(=O)(=O)O)C1CCC(CO)CC1. The number of hydrogen-bond donors (Lipinski definition) is 7. The van der Waals surface area contributed by atoms with Crippen molar-refractivity contribution in [1.82, 2.24) is 0 Å². The molecule has 0 radical (unpaired) electrons. The van der Waals surface area contributed by atoms with Gasteiger partial charge in [0.25, 0.3) is 0 Å². The van der Waals surface area contributed by atoms with Gasteiger partial charge in [-0.05, 0) is 244 Å². The van der Waals surface area contributed by atoms with Crippen LogP contribution in [0.5, 0.6) is 0 Å². The second-order valence-electron chi connectivity index (χ2n) is 34.3. The summed E-state index contributed by atoms with van der Waals surface area (Å²) in [5.41, 5.74) is -0.586. The van der Waals surface area contributed by atoms with E-state index in [0.717, 1.165) is 89.9 Å². The number of aliphatic hydroxyl groups excluding tert-OH is 1. The fourth-order valence-corrected chi connectivity index (χ4v) is 19.1. The largest absolute Gasteiger partial charge is 0.458 e. The van der Waals surface area contributed by atoms with Crippen LogP contribution in [0, 0.1) is 106 Å². The first-order valence-electron chi connectivity index (χ1n) is 38.8. The molecule has 12 aliphatic carbocycles. The lowest BCUT2D eigenvalue weighted by Gasteiger charge is -2.55. The minimum absolute atomic E-state index is 0.0165. The van der Waals surface area contributed by atoms with Crippen LogP contribution in [0.15, 0.2) is 0 Å². The number of esters is 6. The molecule has 0 amide bonds. The molecule has 0 heterocycles. The number of halogens is 12. The van der Waals surface area contributed by atoms with Crippen LogP contribution in [0.4, 0.5) is 52.7 Å². The Morgan fingerprint density at radius 2 is 0.571 bits per heavy atom. The Kier molecular flexibility index (Phi) is 36.4. The Hall–Kier alpha value is -4.60. The van der Waals surface area contributed by atoms with Gasteiger partial charge in [0.15, 0.2) is 39.6 Å². The van der Waals surface area contributed by atoms with Gasteiger partial charge in [0.05, 0.1) is 35.0 Å². The average molecular weight is 1870 g/mol. The Morgan fingerprint density at radius 1 is 0.336 bits per heavy atom. The van der Waals surface area contributed by atoms with E-state index in [1.807, 2.05) is 6.92 Å². The number of ether oxygens (including phenoxy) is 6. The summed E-state index contributed by atoms with van der Waals surface area (Å²) in [5.74, 6) is -2.66. The molecule has 0 aromatic carbocycles. The van der Waals surface area contributed by atoms with Crippen molar-refractivity contribution in [3.63, 3.8) is 0 Å². The molecule has 7 N–H and O–H groups in total. The molecular weight excluding hydrogens is 1760 g/mol. The summed E-state index contributed by atoms with van der Waals surface area (Å²) in [6, 6.07) is 0. The monoisotopic (exact) mass is 1860 g/mol. The number of rotatable bonds is 26. The van der Waals surface area contributed by atoms with Crippen molar-refractivity contribution in [3.05, 3.63) is 0 Å². The average Bonchev–Trinajstić information content (AvgIpc) is 0.846. The summed E-state index contributed by atoms with van der Waals surface area (Å²) in [4.78, 5) is 70.5. The molecule has 12 fully saturated rings. The highest BCUT2D eigenvalue weighted by molar-refractivity contribution is 7.88. The highest BCUT2D eigenvalue weighted by Gasteiger charge is 2.58. The standard InChI is InChI=1S/2C13H18F2O5S.C13H22F2O5S.C11H18F2O5S.C10H16F2O6S.C10H16F2O5S/c14-13(15,21(17,18)19)7-20-11(16)12-4-8-1-9(5-12)3-10(2-8)6-12;14-13(15,21(17,18)19)6-20-12(16)11-9-2-7-1-8(4-9)5-10(11)3-7;1-12(2,3)10-6-4-9(5-7-10)11(16)20-8-13(14,15)21(17,18)19;1-2-8-3-5-9(6-4-8)10(14)18-7-11(12,13)19(15,16)17;11-10(12,19(15,16)17)6-18-9(14)8-3-1-7(5-13)2-4-8;1-7-2-4-8(5-3-7)9(13)17-6-10(11,12)18(14,15)16/h8-10H,1-7H2,(H,17,18,19);7-11H,1-6H2,(H,17,18,19);9-10H,4-8H2,1-3H3,(H,17,18,19);8-9H,2-7H2,1H3,(H,15,16,17);7-8,13H,1-6H2,(H,15,16,17);7-8H,2-6H2,1H3,(H,14,15,16). The number of alkyl halides is 12. The molecule has 0 unspecified atom stereocenters. The predicted octanol–water partition coefficient (Wildman–Crippen LogP) is 12.0. The molecule has 0 aliphatic heterocycles. The van der Waals surface area contributed by atoms with Crippen LogP contribution in [0.1, 0.15) is 214 Å². The molecule has 31 nitrogen and oxygen atoms in total. The lowest BCUT2D eigenvalue weighted by Crippen LogP contribution is -2.51. The van der Waals surface area contributed by atoms with Crippen LogP contribution in [0.2, 0.25) is 0 Å². The van der Waals surface area contributed by atoms with Crippen LogP contribution < -0.4 is 0 Å². The Labute approximate surface area is 683 Å². The van der Waals surface area contributed by atoms with Gasteiger partial charge < -0.3 is 33.5 Å². The summed E-state index contributed by atoms with van der Waals surface area (Å²) in [6.07, 6.45) is 21.4. The molecule has 694 valence electrons. The van der Waals surface area contributed by atoms with Gasteiger partial charge in [-0.25, -0.2) is 0 Å². The second-order valence-corrected chi connectivity index (χ2v) is 43.6. The van der Waals surface area contributed by atoms with E-state index in [9.17, 15) is 132 Å². The van der Waals surface area contributed by atoms with E-state index < -0.39 is 203 Å². The molecule has 0 saturated heterocycles. The van der Waals surface area contributed by atoms with Gasteiger partial charge in [-0.2, -0.15) is 103 Å². The maximum Gasteiger partial charge on any atom is 0.402 e. The van der Waals surface area contributed by atoms with Crippen LogP contribution in [0.3, 0.4) is 0 Å². The molecule has 49 heteroatoms. The van der Waals surface area contributed by atoms with Crippen molar-refractivity contribution in [1.29, 1.82) is 0 Å². The van der Waals surface area contributed by atoms with E-state index in [0.29, 0.717) is 131 Å². The molecule has 8 bridgehead atoms. The van der Waals surface area contributed by atoms with Gasteiger partial charge in [-0.3, -0.25) is 56.1 Å². The maximum absolute atomic E-state index is 13.1. The first-order valence-corrected chi connectivity index (χ1v) is 47.4. The lowest BCUT2D eigenvalue weighted by atomic mass is 9.49. The smallest absolute Gasteiger partial charge is 0.402 e. The zero-order chi connectivity index (χ0) is 90.7. The van der Waals surface area contributed by atoms with E-state index in [1.165, 1.54) is 6.42 Å². The summed E-state index contributed by atoms with van der Waals surface area (Å²) < 4.78 is 356. The molecule has 12 saturated carbocycles. The lowest BCUT2D eigenvalue weighted by molar-refractivity contribution is -0.177. The van der Waals surface area contributed by atoms with Gasteiger partial charge in [-0.15, -0.1) is 0 Å². The highest BCUT2D eigenvalue weighted by atomic mass is 32.2. The van der Waals surface area contributed by atoms with E-state index in [2.05, 4.69) is 56.1 Å². The minimum atomic E-state index is -5.59. The molecule has 12 aliphatic rings. The minimum Gasteiger partial charge on any atom is -0.458 e. The Balaban J connectivity index is 0.000000255. The van der Waals surface area contributed by atoms with Gasteiger partial charge >= 0.3 is 128 Å².